The molecule has 1 fully saturated rings. The molecule has 1 saturated heterocycles. The molecule has 2 aliphatic carbocycles. The number of hydrogen-bond acceptors (Lipinski definition) is 5. The van der Waals surface area contributed by atoms with Crippen LogP contribution in [0.2, 0.25) is 0 Å². The number of likely N-dealkylation sites (tertiary alicyclic amines) is 1. The lowest BCUT2D eigenvalue weighted by atomic mass is 9.91. The van der Waals surface area contributed by atoms with Crippen molar-refractivity contribution in [1.29, 1.82) is 5.41 Å². The number of rotatable bonds is 11. The fraction of sp³-hybridized carbons (Fsp3) is 0.471. The smallest absolute Gasteiger partial charge is 0.251 e. The van der Waals surface area contributed by atoms with Crippen LogP contribution in [0.5, 0.6) is 0 Å². The second-order valence-electron chi connectivity index (χ2n) is 11.9. The number of piperidine rings is 1. The molecule has 220 valence electrons. The fourth-order valence-electron chi connectivity index (χ4n) is 5.97. The SMILES string of the molecule is C=C/C(=C\N(C)C)c1c[nH]c(C2=C(C=N)C(NC3=CC(C(=O)NCCN4CCCCC4)=CCC(C)C3C)=CC2C)c1. The lowest BCUT2D eigenvalue weighted by molar-refractivity contribution is -0.117. The highest BCUT2D eigenvalue weighted by atomic mass is 16.1. The number of aromatic amines is 1. The number of hydrogen-bond donors (Lipinski definition) is 4. The molecule has 0 saturated carbocycles. The van der Waals surface area contributed by atoms with Gasteiger partial charge in [-0.25, -0.2) is 0 Å². The molecule has 0 radical (unpaired) electrons. The van der Waals surface area contributed by atoms with Crippen LogP contribution in [-0.4, -0.2) is 67.2 Å². The molecule has 0 spiro atoms. The standard InChI is InChI=1S/C34H48N6O/c1-7-26(22-39(5)6)28-19-32(37-21-28)33-24(3)17-31(29(33)20-35)38-30-18-27(12-11-23(2)25(30)4)34(41)36-13-16-40-14-9-8-10-15-40/h7,12,17-25,35,37-38H,1,8-11,13-16H2,2-6H3,(H,36,41)/b26-22+,35-20?. The zero-order valence-electron chi connectivity index (χ0n) is 25.5. The van der Waals surface area contributed by atoms with Gasteiger partial charge in [0.25, 0.3) is 5.91 Å². The molecule has 7 heteroatoms. The number of nitrogens with zero attached hydrogens (tertiary/aromatic N) is 2. The minimum atomic E-state index is -0.0115. The molecule has 1 amide bonds. The highest BCUT2D eigenvalue weighted by Crippen LogP contribution is 2.38. The Morgan fingerprint density at radius 1 is 1.22 bits per heavy atom. The largest absolute Gasteiger partial charge is 0.383 e. The topological polar surface area (TPSA) is 87.2 Å². The summed E-state index contributed by atoms with van der Waals surface area (Å²) in [6, 6.07) is 2.13. The van der Waals surface area contributed by atoms with E-state index < -0.39 is 0 Å². The van der Waals surface area contributed by atoms with E-state index in [1.807, 2.05) is 43.5 Å². The van der Waals surface area contributed by atoms with Crippen molar-refractivity contribution in [2.45, 2.75) is 46.5 Å². The van der Waals surface area contributed by atoms with Crippen molar-refractivity contribution in [1.82, 2.24) is 25.4 Å². The normalized spacial score (nSPS) is 23.8. The van der Waals surface area contributed by atoms with Crippen LogP contribution in [0.4, 0.5) is 0 Å². The van der Waals surface area contributed by atoms with E-state index in [0.717, 1.165) is 65.4 Å². The molecule has 2 heterocycles. The van der Waals surface area contributed by atoms with Crippen LogP contribution in [0.25, 0.3) is 11.1 Å². The third kappa shape index (κ3) is 7.39. The minimum Gasteiger partial charge on any atom is -0.383 e. The summed E-state index contributed by atoms with van der Waals surface area (Å²) in [6.45, 7) is 14.4. The van der Waals surface area contributed by atoms with Crippen molar-refractivity contribution < 1.29 is 4.79 Å². The van der Waals surface area contributed by atoms with Crippen LogP contribution >= 0.6 is 0 Å². The summed E-state index contributed by atoms with van der Waals surface area (Å²) in [5.41, 5.74) is 7.69. The first-order valence-corrected chi connectivity index (χ1v) is 15.1. The Hall–Kier alpha value is -3.58. The molecule has 0 bridgehead atoms. The van der Waals surface area contributed by atoms with E-state index in [1.54, 1.807) is 0 Å². The molecule has 0 aromatic carbocycles. The first kappa shape index (κ1) is 30.4. The molecule has 3 aliphatic rings. The summed E-state index contributed by atoms with van der Waals surface area (Å²) in [7, 11) is 4.00. The molecule has 4 N–H and O–H groups in total. The number of carbonyl (C=O) groups is 1. The first-order chi connectivity index (χ1) is 19.7. The maximum Gasteiger partial charge on any atom is 0.251 e. The van der Waals surface area contributed by atoms with Crippen molar-refractivity contribution in [3.8, 4) is 0 Å². The second-order valence-corrected chi connectivity index (χ2v) is 11.9. The Labute approximate surface area is 246 Å². The second kappa shape index (κ2) is 13.9. The van der Waals surface area contributed by atoms with Gasteiger partial charge in [0.05, 0.1) is 0 Å². The Kier molecular flexibility index (Phi) is 10.3. The predicted octanol–water partition coefficient (Wildman–Crippen LogP) is 5.72. The van der Waals surface area contributed by atoms with Gasteiger partial charge in [0.2, 0.25) is 0 Å². The van der Waals surface area contributed by atoms with E-state index in [-0.39, 0.29) is 17.7 Å². The molecule has 41 heavy (non-hydrogen) atoms. The van der Waals surface area contributed by atoms with Crippen molar-refractivity contribution in [3.05, 3.63) is 83.1 Å². The maximum atomic E-state index is 13.2. The zero-order valence-corrected chi connectivity index (χ0v) is 25.5. The van der Waals surface area contributed by atoms with Crippen LogP contribution < -0.4 is 10.6 Å². The monoisotopic (exact) mass is 556 g/mol. The lowest BCUT2D eigenvalue weighted by Gasteiger charge is -2.26. The average Bonchev–Trinajstić information content (AvgIpc) is 3.52. The van der Waals surface area contributed by atoms with Crippen LogP contribution in [-0.2, 0) is 4.79 Å². The van der Waals surface area contributed by atoms with Gasteiger partial charge in [-0.1, -0.05) is 52.0 Å². The van der Waals surface area contributed by atoms with Crippen molar-refractivity contribution in [3.63, 3.8) is 0 Å². The van der Waals surface area contributed by atoms with Crippen molar-refractivity contribution in [2.24, 2.45) is 17.8 Å². The van der Waals surface area contributed by atoms with Gasteiger partial charge in [-0.2, -0.15) is 0 Å². The van der Waals surface area contributed by atoms with E-state index in [4.69, 9.17) is 5.41 Å². The summed E-state index contributed by atoms with van der Waals surface area (Å²) in [4.78, 5) is 21.1. The number of H-pyrrole nitrogens is 1. The summed E-state index contributed by atoms with van der Waals surface area (Å²) >= 11 is 0. The number of nitrogens with one attached hydrogen (secondary N) is 4. The molecular weight excluding hydrogens is 508 g/mol. The molecular formula is C34H48N6O. The highest BCUT2D eigenvalue weighted by Gasteiger charge is 2.28. The number of carbonyl (C=O) groups excluding carboxylic acids is 1. The molecule has 4 rings (SSSR count). The number of allylic oxidation sites excluding steroid dienone is 7. The van der Waals surface area contributed by atoms with Crippen LogP contribution in [0, 0.1) is 23.2 Å². The average molecular weight is 557 g/mol. The zero-order chi connectivity index (χ0) is 29.5. The van der Waals surface area contributed by atoms with Crippen LogP contribution in [0.3, 0.4) is 0 Å². The summed E-state index contributed by atoms with van der Waals surface area (Å²) in [5, 5.41) is 15.1. The minimum absolute atomic E-state index is 0.0115. The van der Waals surface area contributed by atoms with Gasteiger partial charge < -0.3 is 30.8 Å². The Bertz CT molecular complexity index is 1280. The van der Waals surface area contributed by atoms with Gasteiger partial charge in [-0.05, 0) is 67.5 Å². The summed E-state index contributed by atoms with van der Waals surface area (Å²) < 4.78 is 0. The van der Waals surface area contributed by atoms with Gasteiger partial charge in [-0.3, -0.25) is 4.79 Å². The third-order valence-corrected chi connectivity index (χ3v) is 8.59. The number of amides is 1. The Balaban J connectivity index is 1.53. The van der Waals surface area contributed by atoms with Gasteiger partial charge in [0, 0.05) is 85.5 Å². The van der Waals surface area contributed by atoms with Crippen LogP contribution in [0.15, 0.2) is 71.9 Å². The molecule has 7 nitrogen and oxygen atoms in total. The third-order valence-electron chi connectivity index (χ3n) is 8.59. The van der Waals surface area contributed by atoms with Gasteiger partial charge in [-0.15, -0.1) is 0 Å². The quantitative estimate of drug-likeness (QED) is 0.207. The van der Waals surface area contributed by atoms with E-state index >= 15 is 0 Å². The van der Waals surface area contributed by atoms with Gasteiger partial charge in [0.1, 0.15) is 0 Å². The molecule has 1 aromatic rings. The molecule has 1 aromatic heterocycles. The summed E-state index contributed by atoms with van der Waals surface area (Å²) in [6.07, 6.45) is 18.3. The van der Waals surface area contributed by atoms with E-state index in [2.05, 4.69) is 66.1 Å². The Morgan fingerprint density at radius 2 is 1.98 bits per heavy atom. The predicted molar refractivity (Wildman–Crippen MR) is 171 cm³/mol. The van der Waals surface area contributed by atoms with E-state index in [0.29, 0.717) is 18.0 Å². The summed E-state index contributed by atoms with van der Waals surface area (Å²) in [5.74, 6) is 0.728. The molecule has 3 atom stereocenters. The van der Waals surface area contributed by atoms with E-state index in [1.165, 1.54) is 25.5 Å². The van der Waals surface area contributed by atoms with Crippen molar-refractivity contribution in [2.75, 3.05) is 40.3 Å². The lowest BCUT2D eigenvalue weighted by Crippen LogP contribution is -2.38. The van der Waals surface area contributed by atoms with Crippen molar-refractivity contribution >= 4 is 23.3 Å². The Morgan fingerprint density at radius 3 is 2.66 bits per heavy atom. The van der Waals surface area contributed by atoms with Gasteiger partial charge >= 0.3 is 0 Å². The highest BCUT2D eigenvalue weighted by molar-refractivity contribution is 5.98. The number of aromatic nitrogens is 1. The van der Waals surface area contributed by atoms with Gasteiger partial charge in [0.15, 0.2) is 0 Å². The van der Waals surface area contributed by atoms with Crippen LogP contribution in [0.1, 0.15) is 57.7 Å². The fourth-order valence-corrected chi connectivity index (χ4v) is 5.97. The maximum absolute atomic E-state index is 13.2. The molecule has 3 unspecified atom stereocenters. The van der Waals surface area contributed by atoms with E-state index in [9.17, 15) is 4.79 Å². The molecule has 1 aliphatic heterocycles. The first-order valence-electron chi connectivity index (χ1n) is 15.1.